The molecule has 0 spiro atoms. The molecule has 1 N–H and O–H groups in total. The van der Waals surface area contributed by atoms with Gasteiger partial charge in [-0.2, -0.15) is 10.4 Å². The van der Waals surface area contributed by atoms with Crippen molar-refractivity contribution in [2.24, 2.45) is 5.10 Å². The lowest BCUT2D eigenvalue weighted by molar-refractivity contribution is -0.385. The summed E-state index contributed by atoms with van der Waals surface area (Å²) in [5, 5.41) is 23.1. The number of rotatable bonds is 4. The van der Waals surface area contributed by atoms with Crippen LogP contribution in [0.2, 0.25) is 0 Å². The van der Waals surface area contributed by atoms with Crippen molar-refractivity contribution in [1.29, 1.82) is 5.26 Å². The minimum absolute atomic E-state index is 0.0772. The van der Waals surface area contributed by atoms with Gasteiger partial charge in [0.1, 0.15) is 12.0 Å². The van der Waals surface area contributed by atoms with Gasteiger partial charge in [0.15, 0.2) is 0 Å². The van der Waals surface area contributed by atoms with E-state index < -0.39 is 4.92 Å². The Morgan fingerprint density at radius 2 is 2.05 bits per heavy atom. The minimum Gasteiger partial charge on any atom is -0.261 e. The summed E-state index contributed by atoms with van der Waals surface area (Å²) < 4.78 is 0. The number of pyridine rings is 1. The molecule has 7 nitrogen and oxygen atoms in total. The number of anilines is 1. The third kappa shape index (κ3) is 3.36. The van der Waals surface area contributed by atoms with Crippen LogP contribution >= 0.6 is 0 Å². The van der Waals surface area contributed by atoms with Gasteiger partial charge in [0, 0.05) is 6.07 Å². The molecule has 1 heterocycles. The molecule has 7 heteroatoms. The third-order valence-corrected chi connectivity index (χ3v) is 2.39. The van der Waals surface area contributed by atoms with E-state index in [0.29, 0.717) is 11.4 Å². The van der Waals surface area contributed by atoms with E-state index in [9.17, 15) is 10.1 Å². The third-order valence-electron chi connectivity index (χ3n) is 2.39. The van der Waals surface area contributed by atoms with Gasteiger partial charge in [0.25, 0.3) is 5.69 Å². The summed E-state index contributed by atoms with van der Waals surface area (Å²) in [7, 11) is 0. The summed E-state index contributed by atoms with van der Waals surface area (Å²) in [5.41, 5.74) is 3.98. The van der Waals surface area contributed by atoms with Crippen molar-refractivity contribution in [3.05, 3.63) is 63.8 Å². The monoisotopic (exact) mass is 267 g/mol. The number of nitrogens with zero attached hydrogens (tertiary/aromatic N) is 4. The van der Waals surface area contributed by atoms with Crippen LogP contribution in [-0.4, -0.2) is 16.1 Å². The molecule has 20 heavy (non-hydrogen) atoms. The van der Waals surface area contributed by atoms with Gasteiger partial charge >= 0.3 is 0 Å². The first-order valence-corrected chi connectivity index (χ1v) is 5.59. The first-order chi connectivity index (χ1) is 9.69. The zero-order valence-corrected chi connectivity index (χ0v) is 10.2. The van der Waals surface area contributed by atoms with Crippen molar-refractivity contribution in [1.82, 2.24) is 4.98 Å². The van der Waals surface area contributed by atoms with Crippen LogP contribution in [0.4, 0.5) is 11.5 Å². The van der Waals surface area contributed by atoms with Crippen molar-refractivity contribution in [3.8, 4) is 6.07 Å². The number of aromatic nitrogens is 1. The van der Waals surface area contributed by atoms with Gasteiger partial charge in [-0.1, -0.05) is 12.1 Å². The molecule has 0 unspecified atom stereocenters. The van der Waals surface area contributed by atoms with Crippen LogP contribution in [0, 0.1) is 21.4 Å². The van der Waals surface area contributed by atoms with Crippen LogP contribution in [0.5, 0.6) is 0 Å². The van der Waals surface area contributed by atoms with Gasteiger partial charge in [0.05, 0.1) is 22.8 Å². The number of nitriles is 1. The molecule has 0 aliphatic carbocycles. The first-order valence-electron chi connectivity index (χ1n) is 5.59. The fourth-order valence-corrected chi connectivity index (χ4v) is 1.38. The van der Waals surface area contributed by atoms with Crippen LogP contribution in [0.3, 0.4) is 0 Å². The van der Waals surface area contributed by atoms with Crippen LogP contribution in [-0.2, 0) is 0 Å². The Labute approximate surface area is 114 Å². The van der Waals surface area contributed by atoms with Crippen molar-refractivity contribution in [2.75, 3.05) is 5.43 Å². The highest BCUT2D eigenvalue weighted by Gasteiger charge is 2.04. The molecule has 2 aromatic rings. The fraction of sp³-hybridized carbons (Fsp3) is 0. The molecule has 1 aromatic heterocycles. The summed E-state index contributed by atoms with van der Waals surface area (Å²) in [6.07, 6.45) is 2.71. The lowest BCUT2D eigenvalue weighted by Gasteiger charge is -1.98. The van der Waals surface area contributed by atoms with E-state index in [1.165, 1.54) is 12.1 Å². The van der Waals surface area contributed by atoms with Gasteiger partial charge in [-0.05, 0) is 23.8 Å². The molecule has 0 radical (unpaired) electrons. The lowest BCUT2D eigenvalue weighted by Crippen LogP contribution is -1.95. The van der Waals surface area contributed by atoms with Crippen LogP contribution in [0.15, 0.2) is 47.7 Å². The van der Waals surface area contributed by atoms with E-state index in [1.54, 1.807) is 30.5 Å². The normalized spacial score (nSPS) is 10.2. The summed E-state index contributed by atoms with van der Waals surface area (Å²) >= 11 is 0. The molecule has 2 rings (SSSR count). The molecular formula is C13H9N5O2. The van der Waals surface area contributed by atoms with Crippen molar-refractivity contribution in [3.63, 3.8) is 0 Å². The number of nitrogens with one attached hydrogen (secondary N) is 1. The average Bonchev–Trinajstić information content (AvgIpc) is 2.48. The predicted octanol–water partition coefficient (Wildman–Crippen LogP) is 2.31. The van der Waals surface area contributed by atoms with E-state index >= 15 is 0 Å². The van der Waals surface area contributed by atoms with E-state index in [0.717, 1.165) is 11.8 Å². The van der Waals surface area contributed by atoms with E-state index in [-0.39, 0.29) is 5.69 Å². The Kier molecular flexibility index (Phi) is 3.99. The van der Waals surface area contributed by atoms with Crippen LogP contribution < -0.4 is 5.43 Å². The maximum Gasteiger partial charge on any atom is 0.287 e. The second-order valence-electron chi connectivity index (χ2n) is 3.76. The minimum atomic E-state index is -0.517. The van der Waals surface area contributed by atoms with Gasteiger partial charge < -0.3 is 0 Å². The van der Waals surface area contributed by atoms with Crippen molar-refractivity contribution < 1.29 is 4.92 Å². The summed E-state index contributed by atoms with van der Waals surface area (Å²) in [4.78, 5) is 13.8. The molecule has 1 aromatic carbocycles. The highest BCUT2D eigenvalue weighted by atomic mass is 16.6. The standard InChI is InChI=1S/C13H9N5O2/c14-7-10-1-3-11(4-2-10)8-16-17-13-6-5-12(9-15-13)18(19)20/h1-6,8-9H,(H,15,17). The van der Waals surface area contributed by atoms with Gasteiger partial charge in [-0.3, -0.25) is 15.5 Å². The molecule has 98 valence electrons. The Morgan fingerprint density at radius 3 is 2.60 bits per heavy atom. The van der Waals surface area contributed by atoms with E-state index in [2.05, 4.69) is 15.5 Å². The van der Waals surface area contributed by atoms with Gasteiger partial charge in [-0.25, -0.2) is 4.98 Å². The smallest absolute Gasteiger partial charge is 0.261 e. The number of nitro groups is 1. The SMILES string of the molecule is N#Cc1ccc(C=NNc2ccc([N+](=O)[O-])cn2)cc1. The summed E-state index contributed by atoms with van der Waals surface area (Å²) in [5.74, 6) is 0.403. The Morgan fingerprint density at radius 1 is 1.30 bits per heavy atom. The largest absolute Gasteiger partial charge is 0.287 e. The predicted molar refractivity (Wildman–Crippen MR) is 73.3 cm³/mol. The van der Waals surface area contributed by atoms with E-state index in [1.807, 2.05) is 6.07 Å². The molecule has 0 amide bonds. The number of hydrazone groups is 1. The lowest BCUT2D eigenvalue weighted by atomic mass is 10.2. The number of hydrogen-bond acceptors (Lipinski definition) is 6. The second kappa shape index (κ2) is 6.06. The van der Waals surface area contributed by atoms with Gasteiger partial charge in [0.2, 0.25) is 0 Å². The average molecular weight is 267 g/mol. The molecule has 0 atom stereocenters. The van der Waals surface area contributed by atoms with E-state index in [4.69, 9.17) is 5.26 Å². The maximum absolute atomic E-state index is 10.5. The fourth-order valence-electron chi connectivity index (χ4n) is 1.38. The zero-order chi connectivity index (χ0) is 14.4. The molecule has 0 fully saturated rings. The number of hydrogen-bond donors (Lipinski definition) is 1. The van der Waals surface area contributed by atoms with Crippen molar-refractivity contribution >= 4 is 17.7 Å². The Hall–Kier alpha value is -3.27. The van der Waals surface area contributed by atoms with Crippen molar-refractivity contribution in [2.45, 2.75) is 0 Å². The quantitative estimate of drug-likeness (QED) is 0.520. The molecule has 0 saturated carbocycles. The number of benzene rings is 1. The molecular weight excluding hydrogens is 258 g/mol. The summed E-state index contributed by atoms with van der Waals surface area (Å²) in [6, 6.07) is 11.7. The van der Waals surface area contributed by atoms with Gasteiger partial charge in [-0.15, -0.1) is 0 Å². The Bertz CT molecular complexity index is 671. The molecule has 0 aliphatic heterocycles. The van der Waals surface area contributed by atoms with Crippen LogP contribution in [0.1, 0.15) is 11.1 Å². The second-order valence-corrected chi connectivity index (χ2v) is 3.76. The van der Waals surface area contributed by atoms with Crippen LogP contribution in [0.25, 0.3) is 0 Å². The topological polar surface area (TPSA) is 104 Å². The highest BCUT2D eigenvalue weighted by Crippen LogP contribution is 2.11. The first kappa shape index (κ1) is 13.2. The summed E-state index contributed by atoms with van der Waals surface area (Å²) in [6.45, 7) is 0. The molecule has 0 saturated heterocycles. The molecule has 0 aliphatic rings. The highest BCUT2D eigenvalue weighted by molar-refractivity contribution is 5.80. The Balaban J connectivity index is 1.98. The zero-order valence-electron chi connectivity index (χ0n) is 10.2. The molecule has 0 bridgehead atoms. The maximum atomic E-state index is 10.5.